The van der Waals surface area contributed by atoms with Crippen LogP contribution in [-0.2, 0) is 10.2 Å². The third-order valence-corrected chi connectivity index (χ3v) is 8.11. The quantitative estimate of drug-likeness (QED) is 0.323. The molecule has 0 heterocycles. The maximum Gasteiger partial charge on any atom is 0.254 e. The minimum absolute atomic E-state index is 0.0589. The molecule has 1 N–H and O–H groups in total. The zero-order valence-corrected chi connectivity index (χ0v) is 23.5. The van der Waals surface area contributed by atoms with Crippen molar-refractivity contribution in [3.8, 4) is 0 Å². The molecule has 36 heavy (non-hydrogen) atoms. The molecule has 0 saturated heterocycles. The number of Topliss-reactive ketones (excluding diaryl/α,β-unsaturated/α-hetero) is 1. The molecule has 0 aromatic heterocycles. The summed E-state index contributed by atoms with van der Waals surface area (Å²) in [7, 11) is 1.62. The van der Waals surface area contributed by atoms with E-state index >= 15 is 0 Å². The second-order valence-corrected chi connectivity index (χ2v) is 11.3. The summed E-state index contributed by atoms with van der Waals surface area (Å²) in [4.78, 5) is 38.1. The fourth-order valence-electron chi connectivity index (χ4n) is 4.78. The molecule has 1 amide bonds. The first kappa shape index (κ1) is 29.4. The van der Waals surface area contributed by atoms with Crippen molar-refractivity contribution in [3.05, 3.63) is 69.8 Å². The normalized spacial score (nSPS) is 13.7. The van der Waals surface area contributed by atoms with Crippen molar-refractivity contribution in [2.45, 2.75) is 85.7 Å². The van der Waals surface area contributed by atoms with E-state index in [0.29, 0.717) is 11.1 Å². The first-order valence-corrected chi connectivity index (χ1v) is 12.8. The maximum absolute atomic E-state index is 13.1. The number of carbonyl (C=O) groups excluding carboxylic acids is 3. The van der Waals surface area contributed by atoms with Gasteiger partial charge in [0, 0.05) is 30.0 Å². The molecule has 196 valence electrons. The van der Waals surface area contributed by atoms with Crippen molar-refractivity contribution in [2.75, 3.05) is 13.6 Å². The summed E-state index contributed by atoms with van der Waals surface area (Å²) in [6.45, 7) is 15.8. The Morgan fingerprint density at radius 2 is 1.36 bits per heavy atom. The van der Waals surface area contributed by atoms with Crippen molar-refractivity contribution < 1.29 is 19.5 Å². The van der Waals surface area contributed by atoms with E-state index in [1.54, 1.807) is 14.0 Å². The lowest BCUT2D eigenvalue weighted by atomic mass is 9.69. The van der Waals surface area contributed by atoms with Gasteiger partial charge in [0.15, 0.2) is 5.78 Å². The fourth-order valence-corrected chi connectivity index (χ4v) is 4.78. The molecule has 0 radical (unpaired) electrons. The maximum atomic E-state index is 13.1. The monoisotopic (exact) mass is 493 g/mol. The fraction of sp³-hybridized carbons (Fsp3) is 0.516. The Labute approximate surface area is 216 Å². The summed E-state index contributed by atoms with van der Waals surface area (Å²) in [5, 5.41) is 10.9. The van der Waals surface area contributed by atoms with E-state index in [9.17, 15) is 19.5 Å². The first-order valence-electron chi connectivity index (χ1n) is 12.8. The zero-order valence-electron chi connectivity index (χ0n) is 23.5. The molecule has 0 aliphatic carbocycles. The predicted molar refractivity (Wildman–Crippen MR) is 146 cm³/mol. The van der Waals surface area contributed by atoms with E-state index in [2.05, 4.69) is 26.0 Å². The van der Waals surface area contributed by atoms with Crippen LogP contribution in [0.5, 0.6) is 0 Å². The summed E-state index contributed by atoms with van der Waals surface area (Å²) < 4.78 is 0. The van der Waals surface area contributed by atoms with Crippen LogP contribution in [0, 0.1) is 19.3 Å². The SMILES string of the molecule is CCC(CC)(c1ccc(C(=O)CC(C)(O)C(C)(C)C)c(C)c1)c1ccc(C(=O)N(C)CC=O)c(C)c1. The third-order valence-electron chi connectivity index (χ3n) is 8.11. The highest BCUT2D eigenvalue weighted by Gasteiger charge is 2.38. The molecule has 2 aromatic rings. The zero-order chi connectivity index (χ0) is 27.5. The summed E-state index contributed by atoms with van der Waals surface area (Å²) in [6.07, 6.45) is 2.50. The van der Waals surface area contributed by atoms with Gasteiger partial charge in [-0.1, -0.05) is 65.0 Å². The third kappa shape index (κ3) is 5.78. The number of aryl methyl sites for hydroxylation is 2. The lowest BCUT2D eigenvalue weighted by Crippen LogP contribution is -2.41. The number of nitrogens with zero attached hydrogens (tertiary/aromatic N) is 1. The average Bonchev–Trinajstić information content (AvgIpc) is 2.79. The van der Waals surface area contributed by atoms with Gasteiger partial charge in [-0.15, -0.1) is 0 Å². The minimum atomic E-state index is -1.11. The predicted octanol–water partition coefficient (Wildman–Crippen LogP) is 6.05. The molecule has 0 spiro atoms. The van der Waals surface area contributed by atoms with Gasteiger partial charge in [-0.25, -0.2) is 0 Å². The summed E-state index contributed by atoms with van der Waals surface area (Å²) >= 11 is 0. The van der Waals surface area contributed by atoms with Crippen LogP contribution in [0.1, 0.15) is 104 Å². The van der Waals surface area contributed by atoms with E-state index < -0.39 is 11.0 Å². The van der Waals surface area contributed by atoms with E-state index in [1.165, 1.54) is 4.90 Å². The highest BCUT2D eigenvalue weighted by molar-refractivity contribution is 5.98. The van der Waals surface area contributed by atoms with Crippen molar-refractivity contribution in [2.24, 2.45) is 5.41 Å². The van der Waals surface area contributed by atoms with Gasteiger partial charge in [-0.2, -0.15) is 0 Å². The standard InChI is InChI=1S/C31H43NO4/c1-10-31(11-2,24-13-15-26(22(4)19-24)28(35)32(9)16-17-33)23-12-14-25(21(3)18-23)27(34)20-30(8,36)29(5,6)7/h12-15,17-19,36H,10-11,16,20H2,1-9H3. The van der Waals surface area contributed by atoms with Gasteiger partial charge in [0.05, 0.1) is 12.1 Å². The van der Waals surface area contributed by atoms with Gasteiger partial charge >= 0.3 is 0 Å². The van der Waals surface area contributed by atoms with Gasteiger partial charge in [0.1, 0.15) is 6.29 Å². The summed E-state index contributed by atoms with van der Waals surface area (Å²) in [5.74, 6) is -0.231. The number of aldehydes is 1. The molecule has 0 saturated carbocycles. The molecular formula is C31H43NO4. The van der Waals surface area contributed by atoms with Gasteiger partial charge < -0.3 is 14.8 Å². The van der Waals surface area contributed by atoms with E-state index in [0.717, 1.165) is 41.4 Å². The molecule has 5 heteroatoms. The highest BCUT2D eigenvalue weighted by Crippen LogP contribution is 2.41. The number of hydrogen-bond acceptors (Lipinski definition) is 4. The Hall–Kier alpha value is -2.79. The minimum Gasteiger partial charge on any atom is -0.389 e. The molecular weight excluding hydrogens is 450 g/mol. The Balaban J connectivity index is 2.48. The topological polar surface area (TPSA) is 74.7 Å². The molecule has 0 aliphatic rings. The Morgan fingerprint density at radius 3 is 1.75 bits per heavy atom. The van der Waals surface area contributed by atoms with Crippen molar-refractivity contribution in [1.29, 1.82) is 0 Å². The largest absolute Gasteiger partial charge is 0.389 e. The Kier molecular flexibility index (Phi) is 9.06. The van der Waals surface area contributed by atoms with Crippen LogP contribution in [0.4, 0.5) is 0 Å². The molecule has 1 unspecified atom stereocenters. The number of amides is 1. The van der Waals surface area contributed by atoms with Crippen LogP contribution in [0.3, 0.4) is 0 Å². The highest BCUT2D eigenvalue weighted by atomic mass is 16.3. The second-order valence-electron chi connectivity index (χ2n) is 11.3. The van der Waals surface area contributed by atoms with Crippen molar-refractivity contribution in [1.82, 2.24) is 4.90 Å². The molecule has 0 aliphatic heterocycles. The molecule has 5 nitrogen and oxygen atoms in total. The first-order chi connectivity index (χ1) is 16.6. The molecule has 0 fully saturated rings. The smallest absolute Gasteiger partial charge is 0.254 e. The number of benzene rings is 2. The van der Waals surface area contributed by atoms with Gasteiger partial charge in [0.25, 0.3) is 5.91 Å². The van der Waals surface area contributed by atoms with Gasteiger partial charge in [0.2, 0.25) is 0 Å². The summed E-state index contributed by atoms with van der Waals surface area (Å²) in [6, 6.07) is 12.0. The van der Waals surface area contributed by atoms with Crippen LogP contribution in [0.15, 0.2) is 36.4 Å². The number of likely N-dealkylation sites (N-methyl/N-ethyl adjacent to an activating group) is 1. The number of ketones is 1. The molecule has 2 aromatic carbocycles. The van der Waals surface area contributed by atoms with E-state index in [4.69, 9.17) is 0 Å². The molecule has 2 rings (SSSR count). The molecule has 1 atom stereocenters. The summed E-state index contributed by atoms with van der Waals surface area (Å²) in [5.41, 5.74) is 3.44. The Morgan fingerprint density at radius 1 is 0.889 bits per heavy atom. The van der Waals surface area contributed by atoms with Gasteiger partial charge in [-0.05, 0) is 67.3 Å². The van der Waals surface area contributed by atoms with E-state index in [-0.39, 0.29) is 30.1 Å². The second kappa shape index (κ2) is 11.1. The number of aliphatic hydroxyl groups is 1. The number of rotatable bonds is 10. The lowest BCUT2D eigenvalue weighted by Gasteiger charge is -2.37. The van der Waals surface area contributed by atoms with Crippen molar-refractivity contribution >= 4 is 18.0 Å². The van der Waals surface area contributed by atoms with Crippen LogP contribution in [0.25, 0.3) is 0 Å². The van der Waals surface area contributed by atoms with Crippen LogP contribution in [0.2, 0.25) is 0 Å². The van der Waals surface area contributed by atoms with Crippen molar-refractivity contribution in [3.63, 3.8) is 0 Å². The average molecular weight is 494 g/mol. The molecule has 0 bridgehead atoms. The number of carbonyl (C=O) groups is 3. The van der Waals surface area contributed by atoms with Crippen LogP contribution in [-0.4, -0.2) is 47.2 Å². The number of hydrogen-bond donors (Lipinski definition) is 1. The Bertz CT molecular complexity index is 1120. The van der Waals surface area contributed by atoms with E-state index in [1.807, 2.05) is 58.9 Å². The van der Waals surface area contributed by atoms with Crippen LogP contribution >= 0.6 is 0 Å². The van der Waals surface area contributed by atoms with Crippen LogP contribution < -0.4 is 0 Å². The van der Waals surface area contributed by atoms with Gasteiger partial charge in [-0.3, -0.25) is 9.59 Å². The lowest BCUT2D eigenvalue weighted by molar-refractivity contribution is -0.108.